The van der Waals surface area contributed by atoms with Crippen molar-refractivity contribution in [2.24, 2.45) is 14.1 Å². The summed E-state index contributed by atoms with van der Waals surface area (Å²) in [4.78, 5) is 11.3. The molecule has 0 atom stereocenters. The van der Waals surface area contributed by atoms with E-state index in [4.69, 9.17) is 0 Å². The van der Waals surface area contributed by atoms with Gasteiger partial charge in [-0.1, -0.05) is 6.92 Å². The Hall–Kier alpha value is -0.990. The quantitative estimate of drug-likeness (QED) is 0.581. The van der Waals surface area contributed by atoms with Crippen LogP contribution in [0, 0.1) is 6.92 Å². The molecule has 0 aliphatic carbocycles. The second-order valence-corrected chi connectivity index (χ2v) is 2.79. The first-order chi connectivity index (χ1) is 5.09. The summed E-state index contributed by atoms with van der Waals surface area (Å²) in [5.74, 6) is 0. The van der Waals surface area contributed by atoms with Crippen LogP contribution in [-0.2, 0) is 20.5 Å². The molecule has 3 nitrogen and oxygen atoms in total. The zero-order chi connectivity index (χ0) is 8.59. The number of hydrogen-bond acceptors (Lipinski definition) is 1. The molecule has 62 valence electrons. The predicted octanol–water partition coefficient (Wildman–Crippen LogP) is 0.595. The molecule has 3 heteroatoms. The molecular formula is C8H14N2O. The Morgan fingerprint density at radius 2 is 1.82 bits per heavy atom. The molecule has 0 fully saturated rings. The number of aromatic nitrogens is 2. The minimum atomic E-state index is 0.0688. The van der Waals surface area contributed by atoms with Gasteiger partial charge in [-0.3, -0.25) is 9.13 Å². The molecule has 0 saturated heterocycles. The molecule has 0 amide bonds. The molecule has 0 saturated carbocycles. The highest BCUT2D eigenvalue weighted by Crippen LogP contribution is 2.03. The highest BCUT2D eigenvalue weighted by Gasteiger charge is 2.08. The number of rotatable bonds is 1. The Bertz CT molecular complexity index is 320. The summed E-state index contributed by atoms with van der Waals surface area (Å²) >= 11 is 0. The summed E-state index contributed by atoms with van der Waals surface area (Å²) < 4.78 is 3.38. The molecule has 1 aromatic rings. The van der Waals surface area contributed by atoms with Crippen molar-refractivity contribution in [1.82, 2.24) is 9.13 Å². The van der Waals surface area contributed by atoms with E-state index in [0.717, 1.165) is 17.8 Å². The van der Waals surface area contributed by atoms with E-state index >= 15 is 0 Å². The minimum absolute atomic E-state index is 0.0688. The molecule has 0 aromatic carbocycles. The lowest BCUT2D eigenvalue weighted by atomic mass is 10.3. The van der Waals surface area contributed by atoms with Gasteiger partial charge in [-0.05, 0) is 13.3 Å². The van der Waals surface area contributed by atoms with Crippen LogP contribution in [0.1, 0.15) is 18.3 Å². The average Bonchev–Trinajstić information content (AvgIpc) is 2.17. The summed E-state index contributed by atoms with van der Waals surface area (Å²) in [5.41, 5.74) is 2.26. The second kappa shape index (κ2) is 2.57. The lowest BCUT2D eigenvalue weighted by molar-refractivity contribution is 0.751. The second-order valence-electron chi connectivity index (χ2n) is 2.79. The summed E-state index contributed by atoms with van der Waals surface area (Å²) in [7, 11) is 3.62. The zero-order valence-electron chi connectivity index (χ0n) is 7.51. The lowest BCUT2D eigenvalue weighted by Gasteiger charge is -1.97. The van der Waals surface area contributed by atoms with E-state index in [0.29, 0.717) is 0 Å². The molecule has 1 rings (SSSR count). The van der Waals surface area contributed by atoms with Gasteiger partial charge in [0.25, 0.3) is 0 Å². The van der Waals surface area contributed by atoms with E-state index in [1.807, 2.05) is 14.0 Å². The van der Waals surface area contributed by atoms with Crippen molar-refractivity contribution in [3.05, 3.63) is 21.9 Å². The topological polar surface area (TPSA) is 26.9 Å². The lowest BCUT2D eigenvalue weighted by Crippen LogP contribution is -2.20. The summed E-state index contributed by atoms with van der Waals surface area (Å²) in [6.45, 7) is 4.03. The van der Waals surface area contributed by atoms with Gasteiger partial charge in [0.1, 0.15) is 0 Å². The first-order valence-corrected chi connectivity index (χ1v) is 3.80. The Morgan fingerprint density at radius 1 is 1.27 bits per heavy atom. The summed E-state index contributed by atoms with van der Waals surface area (Å²) in [6, 6.07) is 0. The molecule has 0 N–H and O–H groups in total. The molecule has 0 radical (unpaired) electrons. The van der Waals surface area contributed by atoms with Gasteiger partial charge in [-0.15, -0.1) is 0 Å². The Kier molecular flexibility index (Phi) is 1.89. The van der Waals surface area contributed by atoms with Crippen LogP contribution >= 0.6 is 0 Å². The molecule has 1 heterocycles. The number of nitrogens with zero attached hydrogens (tertiary/aromatic N) is 2. The third-order valence-electron chi connectivity index (χ3n) is 2.23. The minimum Gasteiger partial charge on any atom is -0.299 e. The highest BCUT2D eigenvalue weighted by atomic mass is 16.1. The van der Waals surface area contributed by atoms with Crippen molar-refractivity contribution in [3.8, 4) is 0 Å². The van der Waals surface area contributed by atoms with Crippen molar-refractivity contribution in [2.75, 3.05) is 0 Å². The zero-order valence-corrected chi connectivity index (χ0v) is 7.51. The maximum atomic E-state index is 11.3. The van der Waals surface area contributed by atoms with Gasteiger partial charge >= 0.3 is 5.69 Å². The molecule has 0 bridgehead atoms. The number of hydrogen-bond donors (Lipinski definition) is 0. The average molecular weight is 154 g/mol. The standard InChI is InChI=1S/C8H14N2O/c1-5-7-6(2)9(3)8(11)10(7)4/h5H2,1-4H3. The van der Waals surface area contributed by atoms with Crippen molar-refractivity contribution in [2.45, 2.75) is 20.3 Å². The van der Waals surface area contributed by atoms with Gasteiger partial charge < -0.3 is 0 Å². The molecule has 0 unspecified atom stereocenters. The molecule has 1 aromatic heterocycles. The van der Waals surface area contributed by atoms with Gasteiger partial charge in [0.05, 0.1) is 0 Å². The van der Waals surface area contributed by atoms with Crippen molar-refractivity contribution in [3.63, 3.8) is 0 Å². The van der Waals surface area contributed by atoms with Gasteiger partial charge in [0.2, 0.25) is 0 Å². The first-order valence-electron chi connectivity index (χ1n) is 3.80. The third kappa shape index (κ3) is 1.00. The molecule has 0 aliphatic heterocycles. The van der Waals surface area contributed by atoms with Gasteiger partial charge in [-0.2, -0.15) is 0 Å². The fourth-order valence-corrected chi connectivity index (χ4v) is 1.41. The Labute approximate surface area is 66.3 Å². The normalized spacial score (nSPS) is 10.5. The van der Waals surface area contributed by atoms with Crippen LogP contribution in [0.15, 0.2) is 4.79 Å². The van der Waals surface area contributed by atoms with Crippen molar-refractivity contribution >= 4 is 0 Å². The van der Waals surface area contributed by atoms with E-state index < -0.39 is 0 Å². The van der Waals surface area contributed by atoms with E-state index in [-0.39, 0.29) is 5.69 Å². The first kappa shape index (κ1) is 8.11. The van der Waals surface area contributed by atoms with E-state index in [1.165, 1.54) is 0 Å². The van der Waals surface area contributed by atoms with Crippen LogP contribution < -0.4 is 5.69 Å². The van der Waals surface area contributed by atoms with Crippen LogP contribution in [0.25, 0.3) is 0 Å². The van der Waals surface area contributed by atoms with Crippen LogP contribution in [0.2, 0.25) is 0 Å². The van der Waals surface area contributed by atoms with Gasteiger partial charge in [0, 0.05) is 25.5 Å². The fraction of sp³-hybridized carbons (Fsp3) is 0.625. The third-order valence-corrected chi connectivity index (χ3v) is 2.23. The van der Waals surface area contributed by atoms with Crippen LogP contribution in [0.5, 0.6) is 0 Å². The van der Waals surface area contributed by atoms with Gasteiger partial charge in [0.15, 0.2) is 0 Å². The largest absolute Gasteiger partial charge is 0.328 e. The maximum absolute atomic E-state index is 11.3. The molecule has 0 aliphatic rings. The van der Waals surface area contributed by atoms with Crippen molar-refractivity contribution in [1.29, 1.82) is 0 Å². The van der Waals surface area contributed by atoms with E-state index in [1.54, 1.807) is 16.2 Å². The fourth-order valence-electron chi connectivity index (χ4n) is 1.41. The van der Waals surface area contributed by atoms with Crippen LogP contribution in [-0.4, -0.2) is 9.13 Å². The highest BCUT2D eigenvalue weighted by molar-refractivity contribution is 5.12. The predicted molar refractivity (Wildman–Crippen MR) is 44.8 cm³/mol. The molecular weight excluding hydrogens is 140 g/mol. The van der Waals surface area contributed by atoms with E-state index in [2.05, 4.69) is 6.92 Å². The Balaban J connectivity index is 3.48. The Morgan fingerprint density at radius 3 is 2.00 bits per heavy atom. The van der Waals surface area contributed by atoms with Gasteiger partial charge in [-0.25, -0.2) is 4.79 Å². The molecule has 11 heavy (non-hydrogen) atoms. The molecule has 0 spiro atoms. The number of imidazole rings is 1. The van der Waals surface area contributed by atoms with Crippen molar-refractivity contribution < 1.29 is 0 Å². The SMILES string of the molecule is CCc1c(C)n(C)c(=O)n1C. The van der Waals surface area contributed by atoms with Crippen LogP contribution in [0.3, 0.4) is 0 Å². The maximum Gasteiger partial charge on any atom is 0.328 e. The van der Waals surface area contributed by atoms with E-state index in [9.17, 15) is 4.79 Å². The van der Waals surface area contributed by atoms with Crippen LogP contribution in [0.4, 0.5) is 0 Å². The summed E-state index contributed by atoms with van der Waals surface area (Å²) in [6.07, 6.45) is 0.915. The summed E-state index contributed by atoms with van der Waals surface area (Å²) in [5, 5.41) is 0. The monoisotopic (exact) mass is 154 g/mol. The smallest absolute Gasteiger partial charge is 0.299 e.